The van der Waals surface area contributed by atoms with Crippen molar-refractivity contribution in [3.63, 3.8) is 0 Å². The molecule has 0 aliphatic heterocycles. The summed E-state index contributed by atoms with van der Waals surface area (Å²) in [6, 6.07) is 10.0. The summed E-state index contributed by atoms with van der Waals surface area (Å²) < 4.78 is 0. The maximum absolute atomic E-state index is 10.1. The van der Waals surface area contributed by atoms with Crippen LogP contribution in [0.5, 0.6) is 0 Å². The highest BCUT2D eigenvalue weighted by Crippen LogP contribution is 2.17. The van der Waals surface area contributed by atoms with Gasteiger partial charge in [0.25, 0.3) is 0 Å². The smallest absolute Gasteiger partial charge is 0.171 e. The van der Waals surface area contributed by atoms with Crippen molar-refractivity contribution in [1.82, 2.24) is 24.8 Å². The number of hydrogen-bond acceptors (Lipinski definition) is 7. The van der Waals surface area contributed by atoms with Gasteiger partial charge in [0.15, 0.2) is 16.6 Å². The van der Waals surface area contributed by atoms with Crippen molar-refractivity contribution in [2.75, 3.05) is 13.2 Å². The van der Waals surface area contributed by atoms with Gasteiger partial charge in [0.05, 0.1) is 24.7 Å². The van der Waals surface area contributed by atoms with Crippen molar-refractivity contribution in [2.24, 2.45) is 0 Å². The van der Waals surface area contributed by atoms with E-state index in [9.17, 15) is 9.90 Å². The summed E-state index contributed by atoms with van der Waals surface area (Å²) in [5.74, 6) is 0. The van der Waals surface area contributed by atoms with Crippen LogP contribution in [0.3, 0.4) is 0 Å². The average Bonchev–Trinajstić information content (AvgIpc) is 2.72. The topological polar surface area (TPSA) is 92.1 Å². The lowest BCUT2D eigenvalue weighted by molar-refractivity contribution is 0.111. The molecule has 0 saturated carbocycles. The van der Waals surface area contributed by atoms with Crippen molar-refractivity contribution >= 4 is 52.7 Å². The predicted octanol–water partition coefficient (Wildman–Crippen LogP) is 4.37. The summed E-state index contributed by atoms with van der Waals surface area (Å²) in [6.07, 6.45) is 3.26. The van der Waals surface area contributed by atoms with Gasteiger partial charge in [0.1, 0.15) is 16.0 Å². The van der Waals surface area contributed by atoms with Crippen molar-refractivity contribution in [1.29, 1.82) is 0 Å². The lowest BCUT2D eigenvalue weighted by Gasteiger charge is -2.21. The molecular formula is C19H17Cl4N5O2. The molecule has 2 aromatic heterocycles. The van der Waals surface area contributed by atoms with Gasteiger partial charge in [0, 0.05) is 19.6 Å². The first-order chi connectivity index (χ1) is 14.4. The zero-order chi connectivity index (χ0) is 21.9. The Morgan fingerprint density at radius 2 is 1.53 bits per heavy atom. The molecule has 0 saturated heterocycles. The zero-order valence-electron chi connectivity index (χ0n) is 15.6. The minimum absolute atomic E-state index is 0.0301. The standard InChI is InChI=1S/C14H15Cl2N3O.C5H2Cl2N2O/c15-13-8-17-12(14(16)18-13)10-19(6-7-20)9-11-4-2-1-3-5-11;6-4-1-8-3(2-10)5(7)9-4/h1-5,8,20H,6-7,9-10H2;1-2H. The first kappa shape index (κ1) is 24.4. The lowest BCUT2D eigenvalue weighted by Crippen LogP contribution is -2.26. The zero-order valence-corrected chi connectivity index (χ0v) is 18.6. The van der Waals surface area contributed by atoms with Crippen molar-refractivity contribution in [3.05, 3.63) is 80.3 Å². The Bertz CT molecular complexity index is 963. The molecule has 1 aromatic carbocycles. The molecule has 0 aliphatic rings. The van der Waals surface area contributed by atoms with Gasteiger partial charge in [-0.1, -0.05) is 76.7 Å². The van der Waals surface area contributed by atoms with E-state index in [0.717, 1.165) is 0 Å². The Labute approximate surface area is 193 Å². The third-order valence-corrected chi connectivity index (χ3v) is 4.59. The highest BCUT2D eigenvalue weighted by Gasteiger charge is 2.11. The van der Waals surface area contributed by atoms with E-state index in [0.29, 0.717) is 36.8 Å². The van der Waals surface area contributed by atoms with Gasteiger partial charge in [-0.25, -0.2) is 15.0 Å². The lowest BCUT2D eigenvalue weighted by atomic mass is 10.2. The van der Waals surface area contributed by atoms with Crippen LogP contribution in [0.25, 0.3) is 0 Å². The minimum atomic E-state index is 0.0301. The van der Waals surface area contributed by atoms with Crippen LogP contribution < -0.4 is 0 Å². The van der Waals surface area contributed by atoms with Crippen LogP contribution in [-0.4, -0.2) is 49.4 Å². The van der Waals surface area contributed by atoms with Crippen LogP contribution in [0.1, 0.15) is 21.7 Å². The number of halogens is 4. The van der Waals surface area contributed by atoms with Gasteiger partial charge >= 0.3 is 0 Å². The van der Waals surface area contributed by atoms with Gasteiger partial charge in [-0.15, -0.1) is 0 Å². The molecule has 0 fully saturated rings. The number of carbonyl (C=O) groups is 1. The van der Waals surface area contributed by atoms with E-state index >= 15 is 0 Å². The summed E-state index contributed by atoms with van der Waals surface area (Å²) in [7, 11) is 0. The van der Waals surface area contributed by atoms with E-state index in [1.807, 2.05) is 30.3 Å². The molecule has 0 spiro atoms. The monoisotopic (exact) mass is 487 g/mol. The average molecular weight is 489 g/mol. The molecule has 158 valence electrons. The van der Waals surface area contributed by atoms with Crippen LogP contribution in [0.4, 0.5) is 0 Å². The molecule has 0 amide bonds. The molecule has 11 heteroatoms. The molecule has 0 bridgehead atoms. The molecule has 1 N–H and O–H groups in total. The maximum atomic E-state index is 10.1. The largest absolute Gasteiger partial charge is 0.395 e. The summed E-state index contributed by atoms with van der Waals surface area (Å²) in [5.41, 5.74) is 1.92. The van der Waals surface area contributed by atoms with Crippen molar-refractivity contribution in [3.8, 4) is 0 Å². The Morgan fingerprint density at radius 1 is 0.900 bits per heavy atom. The molecule has 0 aliphatic carbocycles. The normalized spacial score (nSPS) is 10.5. The number of aldehydes is 1. The first-order valence-electron chi connectivity index (χ1n) is 8.60. The summed E-state index contributed by atoms with van der Waals surface area (Å²) >= 11 is 22.6. The number of nitrogens with zero attached hydrogens (tertiary/aromatic N) is 5. The van der Waals surface area contributed by atoms with Gasteiger partial charge in [-0.05, 0) is 5.56 Å². The molecule has 2 heterocycles. The molecule has 30 heavy (non-hydrogen) atoms. The second-order valence-corrected chi connectivity index (χ2v) is 7.33. The van der Waals surface area contributed by atoms with Crippen molar-refractivity contribution in [2.45, 2.75) is 13.1 Å². The van der Waals surface area contributed by atoms with Gasteiger partial charge in [-0.3, -0.25) is 14.7 Å². The van der Waals surface area contributed by atoms with Gasteiger partial charge < -0.3 is 5.11 Å². The first-order valence-corrected chi connectivity index (χ1v) is 10.1. The number of aromatic nitrogens is 4. The Morgan fingerprint density at radius 3 is 2.10 bits per heavy atom. The summed E-state index contributed by atoms with van der Waals surface area (Å²) in [6.45, 7) is 1.83. The number of aliphatic hydroxyl groups excluding tert-OH is 1. The van der Waals surface area contributed by atoms with Crippen LogP contribution >= 0.6 is 46.4 Å². The molecule has 0 unspecified atom stereocenters. The molecule has 3 aromatic rings. The SMILES string of the molecule is O=Cc1ncc(Cl)nc1Cl.OCCN(Cc1ccccc1)Cc1ncc(Cl)nc1Cl. The van der Waals surface area contributed by atoms with Gasteiger partial charge in [-0.2, -0.15) is 0 Å². The van der Waals surface area contributed by atoms with E-state index in [1.54, 1.807) is 0 Å². The number of carbonyl (C=O) groups excluding carboxylic acids is 1. The van der Waals surface area contributed by atoms with Gasteiger partial charge in [0.2, 0.25) is 0 Å². The maximum Gasteiger partial charge on any atom is 0.171 e. The van der Waals surface area contributed by atoms with Crippen LogP contribution in [-0.2, 0) is 13.1 Å². The fraction of sp³-hybridized carbons (Fsp3) is 0.211. The van der Waals surface area contributed by atoms with E-state index < -0.39 is 0 Å². The van der Waals surface area contributed by atoms with E-state index in [1.165, 1.54) is 18.0 Å². The highest BCUT2D eigenvalue weighted by molar-refractivity contribution is 6.33. The fourth-order valence-corrected chi connectivity index (χ4v) is 3.06. The Balaban J connectivity index is 0.000000269. The Hall–Kier alpha value is -1.87. The van der Waals surface area contributed by atoms with E-state index in [2.05, 4.69) is 24.8 Å². The van der Waals surface area contributed by atoms with Crippen molar-refractivity contribution < 1.29 is 9.90 Å². The minimum Gasteiger partial charge on any atom is -0.395 e. The summed E-state index contributed by atoms with van der Waals surface area (Å²) in [5, 5.41) is 9.95. The van der Waals surface area contributed by atoms with Crippen LogP contribution in [0, 0.1) is 0 Å². The number of benzene rings is 1. The highest BCUT2D eigenvalue weighted by atomic mass is 35.5. The van der Waals surface area contributed by atoms with E-state index in [-0.39, 0.29) is 27.8 Å². The molecule has 7 nitrogen and oxygen atoms in total. The number of hydrogen-bond donors (Lipinski definition) is 1. The number of aliphatic hydroxyl groups is 1. The molecular weight excluding hydrogens is 472 g/mol. The Kier molecular flexibility index (Phi) is 10.4. The van der Waals surface area contributed by atoms with Crippen LogP contribution in [0.15, 0.2) is 42.7 Å². The third-order valence-electron chi connectivity index (χ3n) is 3.65. The molecule has 3 rings (SSSR count). The molecule has 0 atom stereocenters. The van der Waals surface area contributed by atoms with Crippen LogP contribution in [0.2, 0.25) is 20.6 Å². The van der Waals surface area contributed by atoms with E-state index in [4.69, 9.17) is 46.4 Å². The second-order valence-electron chi connectivity index (χ2n) is 5.84. The quantitative estimate of drug-likeness (QED) is 0.493. The second kappa shape index (κ2) is 12.7. The third kappa shape index (κ3) is 8.10. The molecule has 0 radical (unpaired) electrons. The predicted molar refractivity (Wildman–Crippen MR) is 117 cm³/mol. The fourth-order valence-electron chi connectivity index (χ4n) is 2.32. The number of rotatable bonds is 7. The summed E-state index contributed by atoms with van der Waals surface area (Å²) in [4.78, 5) is 27.5.